The van der Waals surface area contributed by atoms with Gasteiger partial charge in [-0.2, -0.15) is 5.10 Å². The molecule has 2 aromatic heterocycles. The maximum absolute atomic E-state index is 13.1. The summed E-state index contributed by atoms with van der Waals surface area (Å²) in [5.74, 6) is 0.337. The van der Waals surface area contributed by atoms with Gasteiger partial charge >= 0.3 is 0 Å². The van der Waals surface area contributed by atoms with Crippen LogP contribution in [0.2, 0.25) is 0 Å². The molecule has 7 nitrogen and oxygen atoms in total. The topological polar surface area (TPSA) is 78.2 Å². The van der Waals surface area contributed by atoms with E-state index in [1.807, 2.05) is 60.8 Å². The molecule has 31 heavy (non-hydrogen) atoms. The number of thiophene rings is 1. The minimum atomic E-state index is -0.171. The second kappa shape index (κ2) is 9.28. The molecule has 3 heterocycles. The molecule has 0 fully saturated rings. The van der Waals surface area contributed by atoms with Gasteiger partial charge in [0, 0.05) is 17.0 Å². The van der Waals surface area contributed by atoms with Crippen molar-refractivity contribution in [1.82, 2.24) is 9.91 Å². The quantitative estimate of drug-likeness (QED) is 0.609. The van der Waals surface area contributed by atoms with E-state index in [-0.39, 0.29) is 30.9 Å². The molecule has 0 saturated heterocycles. The third-order valence-corrected chi connectivity index (χ3v) is 5.97. The van der Waals surface area contributed by atoms with Gasteiger partial charge in [0.25, 0.3) is 5.91 Å². The lowest BCUT2D eigenvalue weighted by atomic mass is 10.1. The molecule has 0 radical (unpaired) electrons. The zero-order chi connectivity index (χ0) is 21.8. The number of carbonyl (C=O) groups excluding carboxylic acids is 2. The van der Waals surface area contributed by atoms with Gasteiger partial charge in [-0.05, 0) is 49.7 Å². The number of benzene rings is 1. The van der Waals surface area contributed by atoms with E-state index in [9.17, 15) is 9.59 Å². The van der Waals surface area contributed by atoms with Crippen molar-refractivity contribution in [1.29, 1.82) is 0 Å². The van der Waals surface area contributed by atoms with Gasteiger partial charge < -0.3 is 9.73 Å². The second-order valence-electron chi connectivity index (χ2n) is 7.58. The molecule has 160 valence electrons. The largest absolute Gasteiger partial charge is 0.463 e. The number of hydrazone groups is 1. The summed E-state index contributed by atoms with van der Waals surface area (Å²) in [5, 5.41) is 10.9. The predicted octanol–water partition coefficient (Wildman–Crippen LogP) is 3.90. The van der Waals surface area contributed by atoms with Crippen LogP contribution in [0.15, 0.2) is 69.7 Å². The van der Waals surface area contributed by atoms with Crippen molar-refractivity contribution in [2.75, 3.05) is 25.5 Å². The van der Waals surface area contributed by atoms with Crippen LogP contribution >= 0.6 is 11.3 Å². The highest BCUT2D eigenvalue weighted by molar-refractivity contribution is 7.10. The zero-order valence-electron chi connectivity index (χ0n) is 17.4. The van der Waals surface area contributed by atoms with Gasteiger partial charge in [0.15, 0.2) is 0 Å². The molecule has 3 aromatic rings. The van der Waals surface area contributed by atoms with Gasteiger partial charge in [0.2, 0.25) is 5.91 Å². The van der Waals surface area contributed by atoms with Crippen LogP contribution in [0, 0.1) is 6.92 Å². The Bertz CT molecular complexity index is 1060. The zero-order valence-corrected chi connectivity index (χ0v) is 18.3. The maximum atomic E-state index is 13.1. The summed E-state index contributed by atoms with van der Waals surface area (Å²) in [7, 11) is 1.75. The van der Waals surface area contributed by atoms with E-state index >= 15 is 0 Å². The van der Waals surface area contributed by atoms with E-state index in [2.05, 4.69) is 10.4 Å². The van der Waals surface area contributed by atoms with Crippen molar-refractivity contribution in [2.24, 2.45) is 5.10 Å². The van der Waals surface area contributed by atoms with E-state index in [1.54, 1.807) is 29.5 Å². The highest BCUT2D eigenvalue weighted by atomic mass is 32.1. The molecule has 1 aliphatic rings. The Morgan fingerprint density at radius 1 is 1.19 bits per heavy atom. The molecular weight excluding hydrogens is 412 g/mol. The van der Waals surface area contributed by atoms with Gasteiger partial charge in [0.1, 0.15) is 11.5 Å². The van der Waals surface area contributed by atoms with Gasteiger partial charge in [-0.25, -0.2) is 5.01 Å². The molecule has 8 heteroatoms. The van der Waals surface area contributed by atoms with Crippen LogP contribution in [0.4, 0.5) is 5.69 Å². The summed E-state index contributed by atoms with van der Waals surface area (Å²) in [4.78, 5) is 28.2. The van der Waals surface area contributed by atoms with Crippen LogP contribution in [0.3, 0.4) is 0 Å². The monoisotopic (exact) mass is 436 g/mol. The van der Waals surface area contributed by atoms with Crippen LogP contribution in [-0.2, 0) is 9.59 Å². The number of nitrogens with zero attached hydrogens (tertiary/aromatic N) is 3. The molecule has 0 unspecified atom stereocenters. The fraction of sp³-hybridized carbons (Fsp3) is 0.261. The molecule has 2 amide bonds. The lowest BCUT2D eigenvalue weighted by Crippen LogP contribution is -2.39. The Morgan fingerprint density at radius 3 is 2.68 bits per heavy atom. The van der Waals surface area contributed by atoms with Crippen molar-refractivity contribution in [2.45, 2.75) is 19.4 Å². The highest BCUT2D eigenvalue weighted by Gasteiger charge is 2.34. The minimum absolute atomic E-state index is 0.0815. The van der Waals surface area contributed by atoms with Gasteiger partial charge in [-0.1, -0.05) is 23.8 Å². The minimum Gasteiger partial charge on any atom is -0.463 e. The lowest BCUT2D eigenvalue weighted by Gasteiger charge is -2.23. The number of nitrogens with one attached hydrogen (secondary N) is 1. The van der Waals surface area contributed by atoms with E-state index in [4.69, 9.17) is 4.42 Å². The Morgan fingerprint density at radius 2 is 2.00 bits per heavy atom. The van der Waals surface area contributed by atoms with Crippen LogP contribution in [0.25, 0.3) is 0 Å². The summed E-state index contributed by atoms with van der Waals surface area (Å²) < 4.78 is 5.48. The number of furan rings is 1. The van der Waals surface area contributed by atoms with E-state index in [1.165, 1.54) is 5.01 Å². The standard InChI is InChI=1S/C23H24N4O3S/c1-16-7-9-17(10-8-16)24-22(28)14-26(2)15-23(29)27-19(21-6-4-12-31-21)13-18(25-27)20-5-3-11-30-20/h3-12,19H,13-15H2,1-2H3,(H,24,28)/t19-/m0/s1. The van der Waals surface area contributed by atoms with Crippen molar-refractivity contribution < 1.29 is 14.0 Å². The fourth-order valence-corrected chi connectivity index (χ4v) is 4.29. The Kier molecular flexibility index (Phi) is 6.29. The van der Waals surface area contributed by atoms with Crippen molar-refractivity contribution >= 4 is 34.6 Å². The normalized spacial score (nSPS) is 15.9. The number of hydrogen-bond donors (Lipinski definition) is 1. The predicted molar refractivity (Wildman–Crippen MR) is 121 cm³/mol. The number of aryl methyl sites for hydroxylation is 1. The summed E-state index contributed by atoms with van der Waals surface area (Å²) in [6.45, 7) is 2.18. The third-order valence-electron chi connectivity index (χ3n) is 5.00. The number of likely N-dealkylation sites (N-methyl/N-ethyl adjacent to an activating group) is 1. The Labute approximate surface area is 185 Å². The number of hydrogen-bond acceptors (Lipinski definition) is 6. The first kappa shape index (κ1) is 21.0. The van der Waals surface area contributed by atoms with Crippen molar-refractivity contribution in [3.05, 3.63) is 76.4 Å². The van der Waals surface area contributed by atoms with E-state index in [0.717, 1.165) is 21.8 Å². The fourth-order valence-electron chi connectivity index (χ4n) is 3.48. The molecular formula is C23H24N4O3S. The molecule has 0 bridgehead atoms. The summed E-state index contributed by atoms with van der Waals surface area (Å²) in [6.07, 6.45) is 2.19. The number of carbonyl (C=O) groups is 2. The molecule has 1 atom stereocenters. The third kappa shape index (κ3) is 5.10. The van der Waals surface area contributed by atoms with Crippen LogP contribution in [-0.4, -0.2) is 47.6 Å². The van der Waals surface area contributed by atoms with Gasteiger partial charge in [0.05, 0.1) is 25.4 Å². The molecule has 1 N–H and O–H groups in total. The van der Waals surface area contributed by atoms with E-state index < -0.39 is 0 Å². The van der Waals surface area contributed by atoms with Crippen LogP contribution in [0.5, 0.6) is 0 Å². The molecule has 0 aliphatic carbocycles. The summed E-state index contributed by atoms with van der Waals surface area (Å²) in [5.41, 5.74) is 2.61. The molecule has 1 aromatic carbocycles. The van der Waals surface area contributed by atoms with E-state index in [0.29, 0.717) is 12.2 Å². The Balaban J connectivity index is 1.40. The van der Waals surface area contributed by atoms with Gasteiger partial charge in [-0.15, -0.1) is 11.3 Å². The second-order valence-corrected chi connectivity index (χ2v) is 8.56. The first-order valence-corrected chi connectivity index (χ1v) is 10.9. The van der Waals surface area contributed by atoms with Crippen LogP contribution < -0.4 is 5.32 Å². The van der Waals surface area contributed by atoms with Crippen molar-refractivity contribution in [3.8, 4) is 0 Å². The first-order chi connectivity index (χ1) is 15.0. The summed E-state index contributed by atoms with van der Waals surface area (Å²) >= 11 is 1.60. The maximum Gasteiger partial charge on any atom is 0.257 e. The van der Waals surface area contributed by atoms with Crippen molar-refractivity contribution in [3.63, 3.8) is 0 Å². The average Bonchev–Trinajstić information content (AvgIpc) is 3.49. The smallest absolute Gasteiger partial charge is 0.257 e. The number of rotatable bonds is 7. The highest BCUT2D eigenvalue weighted by Crippen LogP contribution is 2.35. The first-order valence-electron chi connectivity index (χ1n) is 10.0. The SMILES string of the molecule is Cc1ccc(NC(=O)CN(C)CC(=O)N2N=C(c3ccco3)C[C@H]2c2cccs2)cc1. The molecule has 0 saturated carbocycles. The average molecular weight is 437 g/mol. The number of anilines is 1. The molecule has 1 aliphatic heterocycles. The van der Waals surface area contributed by atoms with Crippen LogP contribution in [0.1, 0.15) is 28.7 Å². The molecule has 4 rings (SSSR count). The summed E-state index contributed by atoms with van der Waals surface area (Å²) in [6, 6.07) is 15.1. The molecule has 0 spiro atoms. The lowest BCUT2D eigenvalue weighted by molar-refractivity contribution is -0.134. The number of amides is 2. The Hall–Kier alpha value is -3.23. The van der Waals surface area contributed by atoms with Gasteiger partial charge in [-0.3, -0.25) is 14.5 Å².